The highest BCUT2D eigenvalue weighted by atomic mass is 19.3. The van der Waals surface area contributed by atoms with Gasteiger partial charge in [0.25, 0.3) is 18.2 Å². The summed E-state index contributed by atoms with van der Waals surface area (Å²) in [5, 5.41) is 28.9. The minimum Gasteiger partial charge on any atom is -0.481 e. The number of aliphatic carboxylic acids is 1. The smallest absolute Gasteiger partial charge is 0.304 e. The molecule has 10 heteroatoms. The zero-order valence-electron chi connectivity index (χ0n) is 14.2. The van der Waals surface area contributed by atoms with E-state index in [4.69, 9.17) is 10.3 Å². The van der Waals surface area contributed by atoms with E-state index in [0.717, 1.165) is 5.48 Å². The summed E-state index contributed by atoms with van der Waals surface area (Å²) < 4.78 is 25.9. The Balaban J connectivity index is 2.88. The van der Waals surface area contributed by atoms with Gasteiger partial charge in [-0.15, -0.1) is 0 Å². The van der Waals surface area contributed by atoms with Crippen molar-refractivity contribution < 1.29 is 38.6 Å². The number of rotatable bonds is 7. The van der Waals surface area contributed by atoms with Crippen LogP contribution in [-0.4, -0.2) is 51.3 Å². The van der Waals surface area contributed by atoms with Crippen molar-refractivity contribution in [2.75, 3.05) is 0 Å². The monoisotopic (exact) mass is 384 g/mol. The first-order valence-corrected chi connectivity index (χ1v) is 7.65. The molecule has 27 heavy (non-hydrogen) atoms. The van der Waals surface area contributed by atoms with Crippen LogP contribution in [0.15, 0.2) is 24.3 Å². The summed E-state index contributed by atoms with van der Waals surface area (Å²) in [6.45, 7) is 0.646. The number of nitrogens with one attached hydrogen (secondary N) is 2. The Bertz CT molecular complexity index is 753. The number of carbonyl (C=O) groups is 3. The van der Waals surface area contributed by atoms with Crippen LogP contribution in [0.5, 0.6) is 0 Å². The quantitative estimate of drug-likeness (QED) is 0.264. The van der Waals surface area contributed by atoms with Gasteiger partial charge >= 0.3 is 5.97 Å². The highest BCUT2D eigenvalue weighted by Gasteiger charge is 2.46. The fourth-order valence-corrected chi connectivity index (χ4v) is 1.92. The minimum absolute atomic E-state index is 0.00751. The van der Waals surface area contributed by atoms with Crippen LogP contribution in [0.3, 0.4) is 0 Å². The minimum atomic E-state index is -3.37. The number of carboxylic acid groups (broad SMARTS) is 1. The standard InChI is InChI=1S/C17H18F2N2O6/c1-17(26,16(18)19)13(15(25)21-27)20-14(24)11-8-6-10(7-9-11)4-2-3-5-12(22)23/h6-9,13,16,26-27H,3,5H2,1H3,(H,20,24)(H,21,25)(H,22,23)/t13-,17+/m1/s1. The van der Waals surface area contributed by atoms with Gasteiger partial charge in [-0.3, -0.25) is 19.6 Å². The highest BCUT2D eigenvalue weighted by molar-refractivity contribution is 5.97. The lowest BCUT2D eigenvalue weighted by Crippen LogP contribution is -2.61. The maximum Gasteiger partial charge on any atom is 0.304 e. The normalized spacial score (nSPS) is 13.7. The van der Waals surface area contributed by atoms with Crippen molar-refractivity contribution in [3.8, 4) is 11.8 Å². The summed E-state index contributed by atoms with van der Waals surface area (Å²) in [4.78, 5) is 34.1. The maximum absolute atomic E-state index is 12.9. The molecule has 0 bridgehead atoms. The van der Waals surface area contributed by atoms with E-state index < -0.39 is 35.9 Å². The second-order valence-electron chi connectivity index (χ2n) is 5.68. The molecule has 146 valence electrons. The average Bonchev–Trinajstić information content (AvgIpc) is 2.62. The average molecular weight is 384 g/mol. The number of hydrogen-bond acceptors (Lipinski definition) is 5. The second-order valence-corrected chi connectivity index (χ2v) is 5.68. The highest BCUT2D eigenvalue weighted by Crippen LogP contribution is 2.20. The largest absolute Gasteiger partial charge is 0.481 e. The molecule has 0 fully saturated rings. The third-order valence-electron chi connectivity index (χ3n) is 3.52. The van der Waals surface area contributed by atoms with Gasteiger partial charge in [0.1, 0.15) is 6.04 Å². The molecule has 1 rings (SSSR count). The summed E-state index contributed by atoms with van der Waals surface area (Å²) in [5.74, 6) is 2.01. The fourth-order valence-electron chi connectivity index (χ4n) is 1.92. The van der Waals surface area contributed by atoms with Crippen LogP contribution in [0.4, 0.5) is 8.78 Å². The lowest BCUT2D eigenvalue weighted by atomic mass is 9.95. The van der Waals surface area contributed by atoms with Crippen molar-refractivity contribution in [2.45, 2.75) is 37.8 Å². The van der Waals surface area contributed by atoms with Gasteiger partial charge in [0.15, 0.2) is 5.60 Å². The molecule has 1 aromatic carbocycles. The van der Waals surface area contributed by atoms with Crippen molar-refractivity contribution in [2.24, 2.45) is 0 Å². The van der Waals surface area contributed by atoms with Crippen LogP contribution < -0.4 is 10.8 Å². The van der Waals surface area contributed by atoms with Gasteiger partial charge in [-0.1, -0.05) is 11.8 Å². The number of amides is 2. The zero-order chi connectivity index (χ0) is 20.6. The predicted molar refractivity (Wildman–Crippen MR) is 88.0 cm³/mol. The van der Waals surface area contributed by atoms with E-state index >= 15 is 0 Å². The lowest BCUT2D eigenvalue weighted by molar-refractivity contribution is -0.149. The van der Waals surface area contributed by atoms with Crippen molar-refractivity contribution >= 4 is 17.8 Å². The molecule has 0 heterocycles. The molecule has 0 radical (unpaired) electrons. The van der Waals surface area contributed by atoms with Gasteiger partial charge in [-0.05, 0) is 31.2 Å². The molecule has 0 spiro atoms. The SMILES string of the molecule is C[C@@](O)(C(F)F)[C@H](NC(=O)c1ccc(C#CCCC(=O)O)cc1)C(=O)NO. The van der Waals surface area contributed by atoms with Crippen LogP contribution in [0.2, 0.25) is 0 Å². The summed E-state index contributed by atoms with van der Waals surface area (Å²) in [5.41, 5.74) is -1.32. The molecule has 0 aliphatic rings. The van der Waals surface area contributed by atoms with Crippen molar-refractivity contribution in [3.63, 3.8) is 0 Å². The number of alkyl halides is 2. The molecule has 0 unspecified atom stereocenters. The third kappa shape index (κ3) is 6.32. The van der Waals surface area contributed by atoms with Gasteiger partial charge in [0.05, 0.1) is 6.42 Å². The third-order valence-corrected chi connectivity index (χ3v) is 3.52. The number of aliphatic hydroxyl groups is 1. The number of benzene rings is 1. The lowest BCUT2D eigenvalue weighted by Gasteiger charge is -2.30. The first-order chi connectivity index (χ1) is 12.6. The van der Waals surface area contributed by atoms with E-state index in [1.54, 1.807) is 0 Å². The first kappa shape index (κ1) is 22.0. The molecular weight excluding hydrogens is 366 g/mol. The van der Waals surface area contributed by atoms with Crippen molar-refractivity contribution in [1.29, 1.82) is 0 Å². The number of carboxylic acids is 1. The summed E-state index contributed by atoms with van der Waals surface area (Å²) in [6.07, 6.45) is -3.33. The Hall–Kier alpha value is -3.03. The molecule has 2 atom stereocenters. The van der Waals surface area contributed by atoms with Gasteiger partial charge in [0.2, 0.25) is 0 Å². The number of hydroxylamine groups is 1. The molecule has 8 nitrogen and oxygen atoms in total. The van der Waals surface area contributed by atoms with Crippen LogP contribution in [0.1, 0.15) is 35.7 Å². The van der Waals surface area contributed by atoms with E-state index in [1.807, 2.05) is 5.32 Å². The topological polar surface area (TPSA) is 136 Å². The van der Waals surface area contributed by atoms with Crippen molar-refractivity contribution in [1.82, 2.24) is 10.8 Å². The van der Waals surface area contributed by atoms with Crippen LogP contribution in [-0.2, 0) is 9.59 Å². The van der Waals surface area contributed by atoms with Crippen LogP contribution >= 0.6 is 0 Å². The predicted octanol–water partition coefficient (Wildman–Crippen LogP) is 0.523. The zero-order valence-corrected chi connectivity index (χ0v) is 14.2. The van der Waals surface area contributed by atoms with E-state index in [2.05, 4.69) is 11.8 Å². The molecule has 2 amide bonds. The fraction of sp³-hybridized carbons (Fsp3) is 0.353. The van der Waals surface area contributed by atoms with Gasteiger partial charge < -0.3 is 15.5 Å². The summed E-state index contributed by atoms with van der Waals surface area (Å²) in [7, 11) is 0. The van der Waals surface area contributed by atoms with Gasteiger partial charge in [-0.2, -0.15) is 0 Å². The van der Waals surface area contributed by atoms with E-state index in [0.29, 0.717) is 12.5 Å². The van der Waals surface area contributed by atoms with E-state index in [-0.39, 0.29) is 18.4 Å². The Morgan fingerprint density at radius 1 is 1.22 bits per heavy atom. The van der Waals surface area contributed by atoms with Crippen molar-refractivity contribution in [3.05, 3.63) is 35.4 Å². The maximum atomic E-state index is 12.9. The molecule has 5 N–H and O–H groups in total. The number of halogens is 2. The number of hydrogen-bond donors (Lipinski definition) is 5. The Morgan fingerprint density at radius 3 is 2.30 bits per heavy atom. The van der Waals surface area contributed by atoms with Crippen LogP contribution in [0.25, 0.3) is 0 Å². The van der Waals surface area contributed by atoms with Crippen LogP contribution in [0, 0.1) is 11.8 Å². The van der Waals surface area contributed by atoms with E-state index in [9.17, 15) is 28.3 Å². The van der Waals surface area contributed by atoms with Gasteiger partial charge in [0, 0.05) is 17.5 Å². The Labute approximate surface area is 153 Å². The molecule has 0 saturated carbocycles. The molecular formula is C17H18F2N2O6. The van der Waals surface area contributed by atoms with E-state index in [1.165, 1.54) is 24.3 Å². The molecule has 0 aromatic heterocycles. The Morgan fingerprint density at radius 2 is 1.81 bits per heavy atom. The number of carbonyl (C=O) groups excluding carboxylic acids is 2. The Kier molecular flexibility index (Phi) is 7.83. The summed E-state index contributed by atoms with van der Waals surface area (Å²) >= 11 is 0. The second kappa shape index (κ2) is 9.61. The molecule has 1 aromatic rings. The summed E-state index contributed by atoms with van der Waals surface area (Å²) in [6, 6.07) is 3.39. The first-order valence-electron chi connectivity index (χ1n) is 7.65. The molecule has 0 saturated heterocycles. The van der Waals surface area contributed by atoms with Gasteiger partial charge in [-0.25, -0.2) is 14.3 Å². The molecule has 0 aliphatic carbocycles. The molecule has 0 aliphatic heterocycles.